The second-order valence-electron chi connectivity index (χ2n) is 8.44. The Labute approximate surface area is 161 Å². The molecule has 1 aromatic carbocycles. The number of aromatic nitrogens is 3. The van der Waals surface area contributed by atoms with Crippen LogP contribution < -0.4 is 5.32 Å². The number of fused-ring (bicyclic) bond motifs is 1. The molecule has 0 saturated carbocycles. The smallest absolute Gasteiger partial charge is 0.0649 e. The minimum absolute atomic E-state index is 0.171. The Bertz CT molecular complexity index is 888. The molecule has 0 amide bonds. The van der Waals surface area contributed by atoms with E-state index in [0.29, 0.717) is 6.04 Å². The van der Waals surface area contributed by atoms with E-state index in [-0.39, 0.29) is 5.41 Å². The first-order chi connectivity index (χ1) is 13.0. The Kier molecular flexibility index (Phi) is 4.83. The summed E-state index contributed by atoms with van der Waals surface area (Å²) < 4.78 is 2.13. The molecule has 3 aromatic rings. The zero-order chi connectivity index (χ0) is 18.9. The quantitative estimate of drug-likeness (QED) is 0.731. The Morgan fingerprint density at radius 3 is 2.52 bits per heavy atom. The van der Waals surface area contributed by atoms with E-state index < -0.39 is 0 Å². The summed E-state index contributed by atoms with van der Waals surface area (Å²) in [6, 6.07) is 13.3. The van der Waals surface area contributed by atoms with Gasteiger partial charge in [0.15, 0.2) is 0 Å². The van der Waals surface area contributed by atoms with Gasteiger partial charge < -0.3 is 5.32 Å². The van der Waals surface area contributed by atoms with Gasteiger partial charge >= 0.3 is 0 Å². The molecule has 1 aliphatic carbocycles. The minimum Gasteiger partial charge on any atom is -0.306 e. The van der Waals surface area contributed by atoms with Gasteiger partial charge in [-0.1, -0.05) is 32.9 Å². The Balaban J connectivity index is 1.55. The van der Waals surface area contributed by atoms with Crippen molar-refractivity contribution in [1.29, 1.82) is 0 Å². The molecule has 1 aliphatic rings. The molecule has 0 unspecified atom stereocenters. The Morgan fingerprint density at radius 1 is 1.07 bits per heavy atom. The molecular weight excluding hydrogens is 332 g/mol. The first kappa shape index (κ1) is 17.9. The van der Waals surface area contributed by atoms with Gasteiger partial charge in [0, 0.05) is 36.2 Å². The number of nitrogens with zero attached hydrogens (tertiary/aromatic N) is 3. The van der Waals surface area contributed by atoms with Crippen LogP contribution in [0.2, 0.25) is 0 Å². The van der Waals surface area contributed by atoms with Crippen molar-refractivity contribution in [3.8, 4) is 5.69 Å². The fourth-order valence-electron chi connectivity index (χ4n) is 3.84. The third-order valence-corrected chi connectivity index (χ3v) is 5.46. The summed E-state index contributed by atoms with van der Waals surface area (Å²) in [7, 11) is 0. The summed E-state index contributed by atoms with van der Waals surface area (Å²) in [6.45, 7) is 7.60. The molecule has 0 spiro atoms. The van der Waals surface area contributed by atoms with Gasteiger partial charge in [0.1, 0.15) is 0 Å². The summed E-state index contributed by atoms with van der Waals surface area (Å²) in [5.74, 6) is 0. The van der Waals surface area contributed by atoms with E-state index in [0.717, 1.165) is 25.1 Å². The second-order valence-corrected chi connectivity index (χ2v) is 8.44. The zero-order valence-electron chi connectivity index (χ0n) is 16.4. The molecule has 2 heterocycles. The third kappa shape index (κ3) is 3.81. The van der Waals surface area contributed by atoms with E-state index in [2.05, 4.69) is 78.3 Å². The predicted octanol–water partition coefficient (Wildman–Crippen LogP) is 4.73. The van der Waals surface area contributed by atoms with Crippen molar-refractivity contribution in [3.05, 3.63) is 77.4 Å². The molecule has 0 bridgehead atoms. The molecular formula is C23H28N4. The number of rotatable bonds is 4. The Hall–Kier alpha value is -2.46. The first-order valence-electron chi connectivity index (χ1n) is 9.82. The van der Waals surface area contributed by atoms with Crippen LogP contribution in [0.25, 0.3) is 5.69 Å². The molecule has 1 N–H and O–H groups in total. The maximum Gasteiger partial charge on any atom is 0.0649 e. The molecule has 140 valence electrons. The van der Waals surface area contributed by atoms with Crippen molar-refractivity contribution >= 4 is 0 Å². The third-order valence-electron chi connectivity index (χ3n) is 5.46. The van der Waals surface area contributed by atoms with Crippen LogP contribution in [0.3, 0.4) is 0 Å². The lowest BCUT2D eigenvalue weighted by Gasteiger charge is -2.24. The van der Waals surface area contributed by atoms with Gasteiger partial charge in [-0.05, 0) is 60.1 Å². The maximum atomic E-state index is 4.73. The van der Waals surface area contributed by atoms with Gasteiger partial charge in [-0.25, -0.2) is 4.68 Å². The summed E-state index contributed by atoms with van der Waals surface area (Å²) in [5.41, 5.74) is 6.63. The number of hydrogen-bond donors (Lipinski definition) is 1. The minimum atomic E-state index is 0.171. The van der Waals surface area contributed by atoms with Crippen molar-refractivity contribution in [3.63, 3.8) is 0 Å². The van der Waals surface area contributed by atoms with Crippen molar-refractivity contribution in [2.45, 2.75) is 58.0 Å². The molecule has 2 aromatic heterocycles. The average Bonchev–Trinajstić information content (AvgIpc) is 3.11. The topological polar surface area (TPSA) is 42.7 Å². The number of hydrogen-bond acceptors (Lipinski definition) is 3. The van der Waals surface area contributed by atoms with E-state index in [9.17, 15) is 0 Å². The van der Waals surface area contributed by atoms with Crippen LogP contribution in [-0.4, -0.2) is 14.8 Å². The maximum absolute atomic E-state index is 4.73. The number of benzene rings is 1. The molecule has 27 heavy (non-hydrogen) atoms. The van der Waals surface area contributed by atoms with Gasteiger partial charge in [-0.3, -0.25) is 4.98 Å². The Morgan fingerprint density at radius 2 is 1.81 bits per heavy atom. The number of nitrogens with one attached hydrogen (secondary N) is 1. The number of pyridine rings is 1. The lowest BCUT2D eigenvalue weighted by Crippen LogP contribution is -2.25. The fourth-order valence-corrected chi connectivity index (χ4v) is 3.84. The van der Waals surface area contributed by atoms with Crippen molar-refractivity contribution in [1.82, 2.24) is 20.1 Å². The van der Waals surface area contributed by atoms with E-state index in [1.807, 2.05) is 12.4 Å². The molecule has 4 nitrogen and oxygen atoms in total. The molecule has 0 aliphatic heterocycles. The monoisotopic (exact) mass is 360 g/mol. The molecule has 1 atom stereocenters. The van der Waals surface area contributed by atoms with Crippen LogP contribution in [0.15, 0.2) is 55.0 Å². The second kappa shape index (κ2) is 7.28. The molecule has 4 heteroatoms. The molecule has 0 radical (unpaired) electrons. The normalized spacial score (nSPS) is 16.9. The van der Waals surface area contributed by atoms with Gasteiger partial charge in [0.2, 0.25) is 0 Å². The highest BCUT2D eigenvalue weighted by molar-refractivity contribution is 5.40. The summed E-state index contributed by atoms with van der Waals surface area (Å²) in [4.78, 5) is 4.09. The highest BCUT2D eigenvalue weighted by atomic mass is 15.3. The SMILES string of the molecule is CC(C)(C)c1ccc(-n2ncc3c2CCC[C@H]3NCc2ccncc2)cc1. The lowest BCUT2D eigenvalue weighted by atomic mass is 9.87. The van der Waals surface area contributed by atoms with Gasteiger partial charge in [0.05, 0.1) is 11.9 Å². The summed E-state index contributed by atoms with van der Waals surface area (Å²) in [6.07, 6.45) is 9.19. The largest absolute Gasteiger partial charge is 0.306 e. The van der Waals surface area contributed by atoms with Crippen LogP contribution in [-0.2, 0) is 18.4 Å². The first-order valence-corrected chi connectivity index (χ1v) is 9.82. The summed E-state index contributed by atoms with van der Waals surface area (Å²) in [5, 5.41) is 8.44. The van der Waals surface area contributed by atoms with Crippen LogP contribution in [0.4, 0.5) is 0 Å². The van der Waals surface area contributed by atoms with Crippen LogP contribution in [0.1, 0.15) is 62.0 Å². The molecule has 4 rings (SSSR count). The zero-order valence-corrected chi connectivity index (χ0v) is 16.4. The average molecular weight is 361 g/mol. The highest BCUT2D eigenvalue weighted by Crippen LogP contribution is 2.32. The highest BCUT2D eigenvalue weighted by Gasteiger charge is 2.24. The van der Waals surface area contributed by atoms with Gasteiger partial charge in [-0.15, -0.1) is 0 Å². The fraction of sp³-hybridized carbons (Fsp3) is 0.391. The van der Waals surface area contributed by atoms with Crippen LogP contribution in [0.5, 0.6) is 0 Å². The predicted molar refractivity (Wildman–Crippen MR) is 109 cm³/mol. The van der Waals surface area contributed by atoms with Gasteiger partial charge in [0.25, 0.3) is 0 Å². The van der Waals surface area contributed by atoms with Crippen molar-refractivity contribution < 1.29 is 0 Å². The summed E-state index contributed by atoms with van der Waals surface area (Å²) >= 11 is 0. The van der Waals surface area contributed by atoms with E-state index in [1.165, 1.54) is 28.8 Å². The van der Waals surface area contributed by atoms with Crippen molar-refractivity contribution in [2.75, 3.05) is 0 Å². The standard InChI is InChI=1S/C23H28N4/c1-23(2,3)18-7-9-19(10-8-18)27-22-6-4-5-21(20(22)16-26-27)25-15-17-11-13-24-14-12-17/h7-14,16,21,25H,4-6,15H2,1-3H3/t21-/m1/s1. The van der Waals surface area contributed by atoms with Crippen LogP contribution >= 0.6 is 0 Å². The van der Waals surface area contributed by atoms with Crippen molar-refractivity contribution in [2.24, 2.45) is 0 Å². The van der Waals surface area contributed by atoms with Gasteiger partial charge in [-0.2, -0.15) is 5.10 Å². The molecule has 0 fully saturated rings. The molecule has 0 saturated heterocycles. The van der Waals surface area contributed by atoms with E-state index in [1.54, 1.807) is 0 Å². The van der Waals surface area contributed by atoms with E-state index in [4.69, 9.17) is 5.10 Å². The van der Waals surface area contributed by atoms with E-state index >= 15 is 0 Å². The van der Waals surface area contributed by atoms with Crippen LogP contribution in [0, 0.1) is 0 Å². The lowest BCUT2D eigenvalue weighted by molar-refractivity contribution is 0.454.